The van der Waals surface area contributed by atoms with Crippen molar-refractivity contribution in [1.82, 2.24) is 10.2 Å². The van der Waals surface area contributed by atoms with Crippen molar-refractivity contribution >= 4 is 0 Å². The highest BCUT2D eigenvalue weighted by molar-refractivity contribution is 4.76. The normalized spacial score (nSPS) is 9.09. The standard InChI is InChI=1S/C7H12N4/c1-11(6-3-9)7-5-10-4-2-8/h10H,4-7H2,1H3. The van der Waals surface area contributed by atoms with Gasteiger partial charge in [0.25, 0.3) is 0 Å². The molecule has 1 N–H and O–H groups in total. The van der Waals surface area contributed by atoms with Crippen LogP contribution in [-0.2, 0) is 0 Å². The molecule has 0 radical (unpaired) electrons. The van der Waals surface area contributed by atoms with Gasteiger partial charge in [-0.15, -0.1) is 0 Å². The quantitative estimate of drug-likeness (QED) is 0.428. The monoisotopic (exact) mass is 152 g/mol. The van der Waals surface area contributed by atoms with Crippen LogP contribution in [0, 0.1) is 22.7 Å². The van der Waals surface area contributed by atoms with E-state index in [1.807, 2.05) is 24.1 Å². The Morgan fingerprint density at radius 2 is 2.09 bits per heavy atom. The van der Waals surface area contributed by atoms with Crippen LogP contribution in [0.2, 0.25) is 0 Å². The number of rotatable bonds is 5. The fourth-order valence-electron chi connectivity index (χ4n) is 0.614. The van der Waals surface area contributed by atoms with Crippen molar-refractivity contribution in [3.8, 4) is 12.1 Å². The van der Waals surface area contributed by atoms with E-state index in [9.17, 15) is 0 Å². The lowest BCUT2D eigenvalue weighted by molar-refractivity contribution is 0.372. The lowest BCUT2D eigenvalue weighted by Gasteiger charge is -2.10. The summed E-state index contributed by atoms with van der Waals surface area (Å²) in [6.07, 6.45) is 0. The first-order chi connectivity index (χ1) is 5.31. The van der Waals surface area contributed by atoms with E-state index in [0.29, 0.717) is 13.1 Å². The molecule has 0 rings (SSSR count). The van der Waals surface area contributed by atoms with E-state index in [4.69, 9.17) is 10.5 Å². The van der Waals surface area contributed by atoms with Gasteiger partial charge < -0.3 is 5.32 Å². The topological polar surface area (TPSA) is 62.9 Å². The van der Waals surface area contributed by atoms with Crippen molar-refractivity contribution < 1.29 is 0 Å². The Balaban J connectivity index is 3.13. The molecule has 0 aromatic carbocycles. The number of nitrogens with one attached hydrogen (secondary N) is 1. The minimum absolute atomic E-state index is 0.375. The summed E-state index contributed by atoms with van der Waals surface area (Å²) < 4.78 is 0. The zero-order valence-corrected chi connectivity index (χ0v) is 6.67. The molecule has 0 fully saturated rings. The lowest BCUT2D eigenvalue weighted by atomic mass is 10.5. The molecular weight excluding hydrogens is 140 g/mol. The predicted molar refractivity (Wildman–Crippen MR) is 41.6 cm³/mol. The molecule has 11 heavy (non-hydrogen) atoms. The highest BCUT2D eigenvalue weighted by Gasteiger charge is 1.93. The Morgan fingerprint density at radius 1 is 1.36 bits per heavy atom. The molecule has 0 bridgehead atoms. The smallest absolute Gasteiger partial charge is 0.0863 e. The number of hydrogen-bond acceptors (Lipinski definition) is 4. The number of nitrogens with zero attached hydrogens (tertiary/aromatic N) is 3. The van der Waals surface area contributed by atoms with Crippen molar-refractivity contribution in [3.63, 3.8) is 0 Å². The fourth-order valence-corrected chi connectivity index (χ4v) is 0.614. The molecule has 60 valence electrons. The molecule has 0 spiro atoms. The number of nitriles is 2. The van der Waals surface area contributed by atoms with Gasteiger partial charge in [-0.05, 0) is 7.05 Å². The summed E-state index contributed by atoms with van der Waals surface area (Å²) in [5.41, 5.74) is 0. The highest BCUT2D eigenvalue weighted by Crippen LogP contribution is 1.76. The predicted octanol–water partition coefficient (Wildman–Crippen LogP) is -0.445. The van der Waals surface area contributed by atoms with E-state index in [1.165, 1.54) is 0 Å². The molecule has 0 aromatic heterocycles. The first-order valence-electron chi connectivity index (χ1n) is 3.44. The van der Waals surface area contributed by atoms with Crippen LogP contribution in [0.15, 0.2) is 0 Å². The van der Waals surface area contributed by atoms with Crippen molar-refractivity contribution in [2.75, 3.05) is 33.2 Å². The van der Waals surface area contributed by atoms with Gasteiger partial charge in [0.1, 0.15) is 0 Å². The molecule has 0 saturated heterocycles. The summed E-state index contributed by atoms with van der Waals surface area (Å²) in [5, 5.41) is 19.3. The van der Waals surface area contributed by atoms with Crippen molar-refractivity contribution in [1.29, 1.82) is 10.5 Å². The maximum atomic E-state index is 8.27. The maximum absolute atomic E-state index is 8.27. The van der Waals surface area contributed by atoms with Crippen LogP contribution < -0.4 is 5.32 Å². The van der Waals surface area contributed by atoms with Crippen LogP contribution in [0.3, 0.4) is 0 Å². The molecule has 0 heterocycles. The minimum Gasteiger partial charge on any atom is -0.303 e. The van der Waals surface area contributed by atoms with Gasteiger partial charge in [-0.25, -0.2) is 0 Å². The summed E-state index contributed by atoms with van der Waals surface area (Å²) in [7, 11) is 1.87. The van der Waals surface area contributed by atoms with Crippen LogP contribution in [0.25, 0.3) is 0 Å². The Morgan fingerprint density at radius 3 is 2.64 bits per heavy atom. The summed E-state index contributed by atoms with van der Waals surface area (Å²) >= 11 is 0. The molecule has 0 aliphatic rings. The molecule has 0 aliphatic heterocycles. The third-order valence-electron chi connectivity index (χ3n) is 1.21. The number of hydrogen-bond donors (Lipinski definition) is 1. The molecular formula is C7H12N4. The van der Waals surface area contributed by atoms with E-state index >= 15 is 0 Å². The first kappa shape index (κ1) is 9.90. The molecule has 0 unspecified atom stereocenters. The third-order valence-corrected chi connectivity index (χ3v) is 1.21. The SMILES string of the molecule is CN(CC#N)CCNCC#N. The second-order valence-electron chi connectivity index (χ2n) is 2.23. The average molecular weight is 152 g/mol. The van der Waals surface area contributed by atoms with E-state index in [0.717, 1.165) is 13.1 Å². The number of likely N-dealkylation sites (N-methyl/N-ethyl adjacent to an activating group) is 1. The van der Waals surface area contributed by atoms with E-state index in [1.54, 1.807) is 0 Å². The largest absolute Gasteiger partial charge is 0.303 e. The Labute approximate surface area is 67.0 Å². The zero-order valence-electron chi connectivity index (χ0n) is 6.67. The molecule has 0 saturated carbocycles. The average Bonchev–Trinajstić information content (AvgIpc) is 1.99. The zero-order chi connectivity index (χ0) is 8.53. The Hall–Kier alpha value is -1.10. The van der Waals surface area contributed by atoms with Crippen molar-refractivity contribution in [2.24, 2.45) is 0 Å². The summed E-state index contributed by atoms with van der Waals surface area (Å²) in [6.45, 7) is 2.37. The summed E-state index contributed by atoms with van der Waals surface area (Å²) in [5.74, 6) is 0. The van der Waals surface area contributed by atoms with Crippen LogP contribution in [0.4, 0.5) is 0 Å². The van der Waals surface area contributed by atoms with Gasteiger partial charge in [-0.1, -0.05) is 0 Å². The Kier molecular flexibility index (Phi) is 6.31. The minimum atomic E-state index is 0.375. The first-order valence-corrected chi connectivity index (χ1v) is 3.44. The van der Waals surface area contributed by atoms with Gasteiger partial charge in [0.2, 0.25) is 0 Å². The van der Waals surface area contributed by atoms with Gasteiger partial charge >= 0.3 is 0 Å². The van der Waals surface area contributed by atoms with Gasteiger partial charge in [0.05, 0.1) is 25.2 Å². The van der Waals surface area contributed by atoms with E-state index < -0.39 is 0 Å². The van der Waals surface area contributed by atoms with Gasteiger partial charge in [0.15, 0.2) is 0 Å². The highest BCUT2D eigenvalue weighted by atomic mass is 15.1. The molecule has 4 nitrogen and oxygen atoms in total. The van der Waals surface area contributed by atoms with E-state index in [-0.39, 0.29) is 0 Å². The molecule has 0 aliphatic carbocycles. The van der Waals surface area contributed by atoms with Crippen LogP contribution in [0.1, 0.15) is 0 Å². The van der Waals surface area contributed by atoms with Crippen LogP contribution >= 0.6 is 0 Å². The second kappa shape index (κ2) is 7.01. The maximum Gasteiger partial charge on any atom is 0.0863 e. The van der Waals surface area contributed by atoms with Gasteiger partial charge in [-0.3, -0.25) is 4.90 Å². The molecule has 4 heteroatoms. The van der Waals surface area contributed by atoms with Crippen molar-refractivity contribution in [2.45, 2.75) is 0 Å². The van der Waals surface area contributed by atoms with Gasteiger partial charge in [-0.2, -0.15) is 10.5 Å². The summed E-state index contributed by atoms with van der Waals surface area (Å²) in [4.78, 5) is 1.89. The lowest BCUT2D eigenvalue weighted by Crippen LogP contribution is -2.29. The van der Waals surface area contributed by atoms with Crippen molar-refractivity contribution in [3.05, 3.63) is 0 Å². The summed E-state index contributed by atoms with van der Waals surface area (Å²) in [6, 6.07) is 4.02. The molecule has 0 atom stereocenters. The fraction of sp³-hybridized carbons (Fsp3) is 0.714. The Bertz CT molecular complexity index is 164. The molecule has 0 amide bonds. The third kappa shape index (κ3) is 6.79. The van der Waals surface area contributed by atoms with Crippen LogP contribution in [0.5, 0.6) is 0 Å². The second-order valence-corrected chi connectivity index (χ2v) is 2.23. The van der Waals surface area contributed by atoms with Crippen LogP contribution in [-0.4, -0.2) is 38.1 Å². The van der Waals surface area contributed by atoms with E-state index in [2.05, 4.69) is 5.32 Å². The molecule has 0 aromatic rings. The van der Waals surface area contributed by atoms with Gasteiger partial charge in [0, 0.05) is 13.1 Å².